The van der Waals surface area contributed by atoms with Gasteiger partial charge in [0, 0.05) is 37.8 Å². The van der Waals surface area contributed by atoms with Crippen LogP contribution in [-0.2, 0) is 14.8 Å². The summed E-state index contributed by atoms with van der Waals surface area (Å²) in [5.74, 6) is -1.25. The first-order valence-corrected chi connectivity index (χ1v) is 11.7. The van der Waals surface area contributed by atoms with Gasteiger partial charge in [-0.25, -0.2) is 12.8 Å². The Hall–Kier alpha value is -1.55. The molecule has 1 aromatic carbocycles. The van der Waals surface area contributed by atoms with Crippen molar-refractivity contribution in [1.29, 1.82) is 0 Å². The van der Waals surface area contributed by atoms with Crippen molar-refractivity contribution in [2.75, 3.05) is 45.9 Å². The van der Waals surface area contributed by atoms with Gasteiger partial charge in [0.2, 0.25) is 10.0 Å². The van der Waals surface area contributed by atoms with E-state index in [0.717, 1.165) is 31.6 Å². The Labute approximate surface area is 172 Å². The number of nitrogens with one attached hydrogen (secondary N) is 1. The highest BCUT2D eigenvalue weighted by Gasteiger charge is 2.29. The zero-order chi connectivity index (χ0) is 20.9. The average Bonchev–Trinajstić information content (AvgIpc) is 2.73. The molecular weight excluding hydrogens is 397 g/mol. The standard InChI is InChI=1S/C20H30FN3O4S/c1-16-5-2-3-9-23(16)10-4-8-22-20(25)17-6-7-18(21)19(15-17)29(26,27)24-11-13-28-14-12-24/h6-7,15-16H,2-5,8-14H2,1H3,(H,22,25)/t16-/m1/s1. The summed E-state index contributed by atoms with van der Waals surface area (Å²) in [4.78, 5) is 14.4. The molecule has 162 valence electrons. The van der Waals surface area contributed by atoms with Crippen LogP contribution in [-0.4, -0.2) is 75.5 Å². The first kappa shape index (κ1) is 22.1. The first-order chi connectivity index (χ1) is 13.9. The largest absolute Gasteiger partial charge is 0.379 e. The maximum atomic E-state index is 14.3. The molecule has 0 saturated carbocycles. The quantitative estimate of drug-likeness (QED) is 0.672. The highest BCUT2D eigenvalue weighted by molar-refractivity contribution is 7.89. The van der Waals surface area contributed by atoms with Crippen LogP contribution >= 0.6 is 0 Å². The van der Waals surface area contributed by atoms with Gasteiger partial charge in [-0.1, -0.05) is 6.42 Å². The number of piperidine rings is 1. The second-order valence-corrected chi connectivity index (χ2v) is 9.56. The van der Waals surface area contributed by atoms with Crippen molar-refractivity contribution in [3.05, 3.63) is 29.6 Å². The number of sulfonamides is 1. The van der Waals surface area contributed by atoms with E-state index in [-0.39, 0.29) is 31.9 Å². The Balaban J connectivity index is 1.59. The van der Waals surface area contributed by atoms with Crippen LogP contribution in [0.1, 0.15) is 43.0 Å². The molecule has 0 spiro atoms. The zero-order valence-electron chi connectivity index (χ0n) is 16.9. The van der Waals surface area contributed by atoms with E-state index in [1.54, 1.807) is 0 Å². The lowest BCUT2D eigenvalue weighted by Crippen LogP contribution is -2.41. The summed E-state index contributed by atoms with van der Waals surface area (Å²) in [6, 6.07) is 4.06. The van der Waals surface area contributed by atoms with Gasteiger partial charge >= 0.3 is 0 Å². The van der Waals surface area contributed by atoms with Gasteiger partial charge in [-0.15, -0.1) is 0 Å². The Morgan fingerprint density at radius 1 is 1.24 bits per heavy atom. The van der Waals surface area contributed by atoms with Crippen LogP contribution in [0.5, 0.6) is 0 Å². The van der Waals surface area contributed by atoms with Gasteiger partial charge in [0.15, 0.2) is 0 Å². The molecule has 0 unspecified atom stereocenters. The molecule has 3 rings (SSSR count). The Bertz CT molecular complexity index is 812. The number of carbonyl (C=O) groups is 1. The highest BCUT2D eigenvalue weighted by atomic mass is 32.2. The van der Waals surface area contributed by atoms with E-state index < -0.39 is 26.6 Å². The zero-order valence-corrected chi connectivity index (χ0v) is 17.7. The number of carbonyl (C=O) groups excluding carboxylic acids is 1. The normalized spacial score (nSPS) is 21.8. The highest BCUT2D eigenvalue weighted by Crippen LogP contribution is 2.22. The van der Waals surface area contributed by atoms with Crippen molar-refractivity contribution < 1.29 is 22.3 Å². The van der Waals surface area contributed by atoms with Crippen LogP contribution in [0.4, 0.5) is 4.39 Å². The monoisotopic (exact) mass is 427 g/mol. The van der Waals surface area contributed by atoms with Crippen LogP contribution in [0.15, 0.2) is 23.1 Å². The molecule has 1 N–H and O–H groups in total. The van der Waals surface area contributed by atoms with Crippen molar-refractivity contribution in [3.63, 3.8) is 0 Å². The van der Waals surface area contributed by atoms with Gasteiger partial charge in [-0.3, -0.25) is 4.79 Å². The lowest BCUT2D eigenvalue weighted by molar-refractivity contribution is 0.0729. The number of morpholine rings is 1. The molecule has 2 aliphatic rings. The van der Waals surface area contributed by atoms with Crippen LogP contribution in [0, 0.1) is 5.82 Å². The molecule has 1 atom stereocenters. The number of rotatable bonds is 7. The predicted octanol–water partition coefficient (Wildman–Crippen LogP) is 1.84. The molecule has 2 saturated heterocycles. The Morgan fingerprint density at radius 3 is 2.72 bits per heavy atom. The molecule has 9 heteroatoms. The molecule has 2 aliphatic heterocycles. The fourth-order valence-corrected chi connectivity index (χ4v) is 5.34. The van der Waals surface area contributed by atoms with Gasteiger partial charge in [-0.2, -0.15) is 4.31 Å². The van der Waals surface area contributed by atoms with E-state index in [1.165, 1.54) is 29.6 Å². The maximum Gasteiger partial charge on any atom is 0.251 e. The van der Waals surface area contributed by atoms with E-state index >= 15 is 0 Å². The van der Waals surface area contributed by atoms with Gasteiger partial charge < -0.3 is 15.0 Å². The third-order valence-electron chi connectivity index (χ3n) is 5.63. The third-order valence-corrected chi connectivity index (χ3v) is 7.54. The summed E-state index contributed by atoms with van der Waals surface area (Å²) in [7, 11) is -4.00. The number of ether oxygens (including phenoxy) is 1. The van der Waals surface area contributed by atoms with Crippen LogP contribution in [0.3, 0.4) is 0 Å². The van der Waals surface area contributed by atoms with Crippen molar-refractivity contribution >= 4 is 15.9 Å². The van der Waals surface area contributed by atoms with Crippen molar-refractivity contribution in [2.45, 2.75) is 43.5 Å². The number of likely N-dealkylation sites (tertiary alicyclic amines) is 1. The number of hydrogen-bond donors (Lipinski definition) is 1. The van der Waals surface area contributed by atoms with Gasteiger partial charge in [0.25, 0.3) is 5.91 Å². The summed E-state index contributed by atoms with van der Waals surface area (Å²) in [5.41, 5.74) is 0.143. The number of hydrogen-bond acceptors (Lipinski definition) is 5. The van der Waals surface area contributed by atoms with Crippen molar-refractivity contribution in [2.24, 2.45) is 0 Å². The summed E-state index contributed by atoms with van der Waals surface area (Å²) in [5, 5.41) is 2.81. The summed E-state index contributed by atoms with van der Waals surface area (Å²) in [6.45, 7) is 5.63. The molecule has 0 aliphatic carbocycles. The summed E-state index contributed by atoms with van der Waals surface area (Å²) >= 11 is 0. The minimum absolute atomic E-state index is 0.143. The van der Waals surface area contributed by atoms with Crippen LogP contribution < -0.4 is 5.32 Å². The van der Waals surface area contributed by atoms with Gasteiger partial charge in [-0.05, 0) is 50.9 Å². The fraction of sp³-hybridized carbons (Fsp3) is 0.650. The number of benzene rings is 1. The van der Waals surface area contributed by atoms with Crippen molar-refractivity contribution in [3.8, 4) is 0 Å². The predicted molar refractivity (Wildman–Crippen MR) is 108 cm³/mol. The second kappa shape index (κ2) is 9.97. The molecule has 2 heterocycles. The number of halogens is 1. The van der Waals surface area contributed by atoms with Gasteiger partial charge in [0.1, 0.15) is 10.7 Å². The summed E-state index contributed by atoms with van der Waals surface area (Å²) < 4.78 is 46.1. The van der Waals surface area contributed by atoms with E-state index in [4.69, 9.17) is 4.74 Å². The van der Waals surface area contributed by atoms with E-state index in [1.807, 2.05) is 0 Å². The van der Waals surface area contributed by atoms with Crippen LogP contribution in [0.2, 0.25) is 0 Å². The first-order valence-electron chi connectivity index (χ1n) is 10.3. The van der Waals surface area contributed by atoms with E-state index in [2.05, 4.69) is 17.1 Å². The van der Waals surface area contributed by atoms with Crippen molar-refractivity contribution in [1.82, 2.24) is 14.5 Å². The minimum Gasteiger partial charge on any atom is -0.379 e. The molecule has 7 nitrogen and oxygen atoms in total. The minimum atomic E-state index is -4.00. The van der Waals surface area contributed by atoms with E-state index in [0.29, 0.717) is 12.6 Å². The molecular formula is C20H30FN3O4S. The number of amides is 1. The topological polar surface area (TPSA) is 79.0 Å². The lowest BCUT2D eigenvalue weighted by Gasteiger charge is -2.33. The average molecular weight is 428 g/mol. The molecule has 0 radical (unpaired) electrons. The molecule has 0 aromatic heterocycles. The molecule has 1 amide bonds. The van der Waals surface area contributed by atoms with Gasteiger partial charge in [0.05, 0.1) is 13.2 Å². The fourth-order valence-electron chi connectivity index (χ4n) is 3.84. The molecule has 2 fully saturated rings. The SMILES string of the molecule is C[C@@H]1CCCCN1CCCNC(=O)c1ccc(F)c(S(=O)(=O)N2CCOCC2)c1. The second-order valence-electron chi connectivity index (χ2n) is 7.65. The van der Waals surface area contributed by atoms with E-state index in [9.17, 15) is 17.6 Å². The van der Waals surface area contributed by atoms with Crippen LogP contribution in [0.25, 0.3) is 0 Å². The number of nitrogens with zero attached hydrogens (tertiary/aromatic N) is 2. The molecule has 0 bridgehead atoms. The molecule has 1 aromatic rings. The molecule has 29 heavy (non-hydrogen) atoms. The third kappa shape index (κ3) is 5.53. The summed E-state index contributed by atoms with van der Waals surface area (Å²) in [6.07, 6.45) is 4.51. The lowest BCUT2D eigenvalue weighted by atomic mass is 10.0. The Morgan fingerprint density at radius 2 is 2.00 bits per heavy atom. The smallest absolute Gasteiger partial charge is 0.251 e. The Kier molecular flexibility index (Phi) is 7.61. The maximum absolute atomic E-state index is 14.3.